The number of carbonyl (C=O) groups excluding carboxylic acids is 1. The van der Waals surface area contributed by atoms with Crippen LogP contribution in [0.3, 0.4) is 0 Å². The highest BCUT2D eigenvalue weighted by Crippen LogP contribution is 2.31. The number of nitrogens with zero attached hydrogens (tertiary/aromatic N) is 3. The molecule has 0 bridgehead atoms. The number of hydrogen-bond donors (Lipinski definition) is 0. The average Bonchev–Trinajstić information content (AvgIpc) is 3.36. The van der Waals surface area contributed by atoms with Crippen LogP contribution in [0.25, 0.3) is 11.5 Å². The highest BCUT2D eigenvalue weighted by Gasteiger charge is 2.38. The van der Waals surface area contributed by atoms with Gasteiger partial charge in [-0.3, -0.25) is 9.69 Å². The molecule has 0 spiro atoms. The van der Waals surface area contributed by atoms with Crippen molar-refractivity contribution in [2.24, 2.45) is 0 Å². The molecule has 2 aliphatic rings. The van der Waals surface area contributed by atoms with Crippen LogP contribution in [0.2, 0.25) is 0 Å². The second kappa shape index (κ2) is 7.00. The van der Waals surface area contributed by atoms with Crippen molar-refractivity contribution >= 4 is 5.91 Å². The topological polar surface area (TPSA) is 49.6 Å². The average molecular weight is 339 g/mol. The van der Waals surface area contributed by atoms with E-state index in [9.17, 15) is 4.79 Å². The molecule has 2 fully saturated rings. The number of rotatable bonds is 4. The molecule has 0 N–H and O–H groups in total. The van der Waals surface area contributed by atoms with Gasteiger partial charge in [-0.15, -0.1) is 0 Å². The van der Waals surface area contributed by atoms with Gasteiger partial charge in [0.1, 0.15) is 6.26 Å². The third-order valence-electron chi connectivity index (χ3n) is 5.50. The molecular formula is C20H25N3O2. The fourth-order valence-corrected chi connectivity index (χ4v) is 4.37. The Morgan fingerprint density at radius 2 is 1.92 bits per heavy atom. The number of likely N-dealkylation sites (tertiary alicyclic amines) is 2. The Balaban J connectivity index is 1.47. The standard InChI is InChI=1S/C20H25N3O2/c1-15(24)23-12-6-10-19(23)18-9-5-11-22(18)13-17-14-25-20(21-17)16-7-3-2-4-8-16/h2-4,7-8,14,18-19H,5-6,9-13H2,1H3/t18-,19-/m0/s1. The summed E-state index contributed by atoms with van der Waals surface area (Å²) in [5, 5.41) is 0. The molecule has 1 aromatic heterocycles. The van der Waals surface area contributed by atoms with E-state index in [2.05, 4.69) is 14.8 Å². The predicted octanol–water partition coefficient (Wildman–Crippen LogP) is 3.32. The zero-order valence-corrected chi connectivity index (χ0v) is 14.7. The molecule has 5 heteroatoms. The predicted molar refractivity (Wildman–Crippen MR) is 95.8 cm³/mol. The first-order valence-corrected chi connectivity index (χ1v) is 9.23. The van der Waals surface area contributed by atoms with Crippen LogP contribution < -0.4 is 0 Å². The van der Waals surface area contributed by atoms with Crippen LogP contribution in [0, 0.1) is 0 Å². The normalized spacial score (nSPS) is 24.1. The lowest BCUT2D eigenvalue weighted by molar-refractivity contribution is -0.130. The Morgan fingerprint density at radius 3 is 2.72 bits per heavy atom. The van der Waals surface area contributed by atoms with Crippen molar-refractivity contribution in [1.29, 1.82) is 0 Å². The van der Waals surface area contributed by atoms with E-state index >= 15 is 0 Å². The molecule has 1 amide bonds. The third-order valence-corrected chi connectivity index (χ3v) is 5.50. The molecule has 2 aliphatic heterocycles. The Bertz CT molecular complexity index is 728. The molecule has 0 radical (unpaired) electrons. The van der Waals surface area contributed by atoms with Crippen LogP contribution in [0.5, 0.6) is 0 Å². The van der Waals surface area contributed by atoms with Gasteiger partial charge in [-0.2, -0.15) is 0 Å². The molecular weight excluding hydrogens is 314 g/mol. The van der Waals surface area contributed by atoms with Crippen LogP contribution >= 0.6 is 0 Å². The maximum atomic E-state index is 11.9. The van der Waals surface area contributed by atoms with Crippen molar-refractivity contribution in [3.05, 3.63) is 42.3 Å². The van der Waals surface area contributed by atoms with Gasteiger partial charge in [-0.25, -0.2) is 4.98 Å². The highest BCUT2D eigenvalue weighted by molar-refractivity contribution is 5.74. The molecule has 132 valence electrons. The summed E-state index contributed by atoms with van der Waals surface area (Å²) in [5.74, 6) is 0.889. The van der Waals surface area contributed by atoms with Crippen molar-refractivity contribution in [3.8, 4) is 11.5 Å². The Labute approximate surface area is 148 Å². The zero-order chi connectivity index (χ0) is 17.2. The van der Waals surface area contributed by atoms with E-state index in [1.54, 1.807) is 13.2 Å². The van der Waals surface area contributed by atoms with Gasteiger partial charge < -0.3 is 9.32 Å². The minimum Gasteiger partial charge on any atom is -0.444 e. The van der Waals surface area contributed by atoms with Crippen LogP contribution in [-0.2, 0) is 11.3 Å². The van der Waals surface area contributed by atoms with Gasteiger partial charge in [0.25, 0.3) is 0 Å². The number of amides is 1. The Morgan fingerprint density at radius 1 is 1.16 bits per heavy atom. The van der Waals surface area contributed by atoms with Crippen molar-refractivity contribution in [3.63, 3.8) is 0 Å². The van der Waals surface area contributed by atoms with Crippen molar-refractivity contribution in [2.45, 2.75) is 51.2 Å². The van der Waals surface area contributed by atoms with E-state index in [-0.39, 0.29) is 5.91 Å². The maximum Gasteiger partial charge on any atom is 0.226 e. The number of oxazole rings is 1. The van der Waals surface area contributed by atoms with E-state index in [1.807, 2.05) is 30.3 Å². The number of carbonyl (C=O) groups is 1. The van der Waals surface area contributed by atoms with Gasteiger partial charge in [0.2, 0.25) is 11.8 Å². The number of benzene rings is 1. The minimum atomic E-state index is 0.210. The molecule has 3 heterocycles. The van der Waals surface area contributed by atoms with Crippen LogP contribution in [0.1, 0.15) is 38.3 Å². The minimum absolute atomic E-state index is 0.210. The largest absolute Gasteiger partial charge is 0.444 e. The van der Waals surface area contributed by atoms with E-state index in [1.165, 1.54) is 6.42 Å². The summed E-state index contributed by atoms with van der Waals surface area (Å²) in [4.78, 5) is 21.1. The summed E-state index contributed by atoms with van der Waals surface area (Å²) in [7, 11) is 0. The van der Waals surface area contributed by atoms with Gasteiger partial charge >= 0.3 is 0 Å². The summed E-state index contributed by atoms with van der Waals surface area (Å²) in [6.07, 6.45) is 6.37. The maximum absolute atomic E-state index is 11.9. The van der Waals surface area contributed by atoms with Crippen molar-refractivity contribution in [1.82, 2.24) is 14.8 Å². The lowest BCUT2D eigenvalue weighted by Gasteiger charge is -2.34. The molecule has 25 heavy (non-hydrogen) atoms. The zero-order valence-electron chi connectivity index (χ0n) is 14.7. The second-order valence-electron chi connectivity index (χ2n) is 7.11. The van der Waals surface area contributed by atoms with Crippen molar-refractivity contribution < 1.29 is 9.21 Å². The van der Waals surface area contributed by atoms with Gasteiger partial charge in [0.15, 0.2) is 0 Å². The van der Waals surface area contributed by atoms with Gasteiger partial charge in [-0.05, 0) is 44.4 Å². The van der Waals surface area contributed by atoms with E-state index in [0.29, 0.717) is 18.0 Å². The van der Waals surface area contributed by atoms with Crippen LogP contribution in [0.4, 0.5) is 0 Å². The molecule has 2 saturated heterocycles. The smallest absolute Gasteiger partial charge is 0.226 e. The summed E-state index contributed by atoms with van der Waals surface area (Å²) in [5.41, 5.74) is 1.98. The third kappa shape index (κ3) is 3.33. The summed E-state index contributed by atoms with van der Waals surface area (Å²) >= 11 is 0. The van der Waals surface area contributed by atoms with E-state index in [4.69, 9.17) is 4.42 Å². The SMILES string of the molecule is CC(=O)N1CCC[C@H]1[C@@H]1CCCN1Cc1coc(-c2ccccc2)n1. The first-order chi connectivity index (χ1) is 12.2. The molecule has 2 atom stereocenters. The highest BCUT2D eigenvalue weighted by atomic mass is 16.3. The first kappa shape index (κ1) is 16.3. The van der Waals surface area contributed by atoms with Crippen LogP contribution in [0.15, 0.2) is 41.0 Å². The van der Waals surface area contributed by atoms with Gasteiger partial charge in [0, 0.05) is 37.7 Å². The monoisotopic (exact) mass is 339 g/mol. The molecule has 0 unspecified atom stereocenters. The summed E-state index contributed by atoms with van der Waals surface area (Å²) in [6.45, 7) is 4.47. The number of hydrogen-bond acceptors (Lipinski definition) is 4. The number of aromatic nitrogens is 1. The lowest BCUT2D eigenvalue weighted by Crippen LogP contribution is -2.47. The fourth-order valence-electron chi connectivity index (χ4n) is 4.37. The first-order valence-electron chi connectivity index (χ1n) is 9.23. The molecule has 0 saturated carbocycles. The molecule has 4 rings (SSSR count). The van der Waals surface area contributed by atoms with Gasteiger partial charge in [-0.1, -0.05) is 18.2 Å². The second-order valence-corrected chi connectivity index (χ2v) is 7.11. The Kier molecular flexibility index (Phi) is 4.57. The fraction of sp³-hybridized carbons (Fsp3) is 0.500. The molecule has 5 nitrogen and oxygen atoms in total. The summed E-state index contributed by atoms with van der Waals surface area (Å²) < 4.78 is 5.68. The molecule has 0 aliphatic carbocycles. The van der Waals surface area contributed by atoms with E-state index in [0.717, 1.165) is 50.2 Å². The summed E-state index contributed by atoms with van der Waals surface area (Å²) in [6, 6.07) is 10.8. The van der Waals surface area contributed by atoms with Gasteiger partial charge in [0.05, 0.1) is 5.69 Å². The molecule has 2 aromatic rings. The lowest BCUT2D eigenvalue weighted by atomic mass is 10.0. The quantitative estimate of drug-likeness (QED) is 0.857. The van der Waals surface area contributed by atoms with Crippen molar-refractivity contribution in [2.75, 3.05) is 13.1 Å². The van der Waals surface area contributed by atoms with Crippen LogP contribution in [-0.4, -0.2) is 45.9 Å². The van der Waals surface area contributed by atoms with E-state index < -0.39 is 0 Å². The molecule has 1 aromatic carbocycles. The Hall–Kier alpha value is -2.14.